The molecule has 2 fully saturated rings. The zero-order valence-electron chi connectivity index (χ0n) is 71.3. The molecule has 0 spiro atoms. The van der Waals surface area contributed by atoms with E-state index in [1.807, 2.05) is 0 Å². The number of urea groups is 4. The number of amides is 8. The van der Waals surface area contributed by atoms with Crippen molar-refractivity contribution in [3.05, 3.63) is 101 Å². The standard InChI is InChI=1S/C21H30N8O6.C18H28N8O6.2C18H30N8O5/c22-13(7-4-10-25-20(23)24)17-28-18(35-29-17)14(8-9-16(30)31)26-21(34)27-15(19(32)33)11-12-5-2-1-3-6-12;19-6-2-1-3-11(20)15-25-16(32-26-15)12(4-5-14(27)28)23-18(31)24-13(17(29)30)7-10-8-21-9-22-10;1-10(27)11(4-2-9-22-17(19)20)23-18(30)24-13(6-7-14(28)29)16-25-15(26-31-16)12-5-3-8-21-12;1-10(27)13-5-3-9-26(13)18(30)23-12(6-7-14(28)29)16-24-15(25-31-16)11(19)4-2-8-22-17(20)21/h1-3,5-6,13-15H,4,7-11,22H2,(H,30,31)(H,32,33)(H4,23,24,25)(H2,26,27,34);8-9,11-13H,1-7,19-20H2,(H,21,22)(H,27,28)(H,29,30)(H2,23,24,31);11-13,21H,2-9H2,1H3,(H,28,29)(H4,19,20,22)(H2,23,24,30);11-13H,2-9,19H2,1H3,(H,23,30)(H,28,29)(H4,20,21,22)/t13-,14-,15-;2*11-,12-,13-;11-,12-,13?/m0000/s1. The number of hydrogen-bond acceptors (Lipinski definition) is 33. The fourth-order valence-electron chi connectivity index (χ4n) is 12.6. The number of aromatic nitrogens is 10. The Labute approximate surface area is 737 Å². The first-order valence-corrected chi connectivity index (χ1v) is 41.2. The Hall–Kier alpha value is -14.2. The van der Waals surface area contributed by atoms with Gasteiger partial charge in [-0.2, -0.15) is 19.9 Å². The van der Waals surface area contributed by atoms with Crippen molar-refractivity contribution >= 4 is 89.4 Å². The number of carbonyl (C=O) groups excluding carboxylic acids is 6. The van der Waals surface area contributed by atoms with Crippen LogP contribution >= 0.6 is 0 Å². The second kappa shape index (κ2) is 56.0. The molecular formula is C75H118N32O22. The maximum Gasteiger partial charge on any atom is 0.326 e. The number of ketones is 2. The summed E-state index contributed by atoms with van der Waals surface area (Å²) in [6.07, 6.45) is 10.1. The number of aliphatic carboxylic acids is 6. The fraction of sp³-hybridized carbons (Fsp3) is 0.573. The van der Waals surface area contributed by atoms with E-state index in [2.05, 4.69) is 108 Å². The summed E-state index contributed by atoms with van der Waals surface area (Å²) < 4.78 is 21.0. The number of carbonyl (C=O) groups is 12. The average Bonchev–Trinajstić information content (AvgIpc) is 1.68. The van der Waals surface area contributed by atoms with Gasteiger partial charge in [-0.15, -0.1) is 0 Å². The molecule has 5 aromatic heterocycles. The number of carboxylic acids is 6. The van der Waals surface area contributed by atoms with Crippen molar-refractivity contribution in [2.45, 2.75) is 234 Å². The van der Waals surface area contributed by atoms with Crippen molar-refractivity contribution < 1.29 is 106 Å². The van der Waals surface area contributed by atoms with Gasteiger partial charge in [0.1, 0.15) is 36.3 Å². The SMILES string of the molecule is CC(=O)C1CCCN1C(=O)N[C@@H](CCC(=O)O)c1nc([C@@H](N)CCCN=C(N)N)no1.CC(=O)[C@H](CCCN=C(N)N)NC(=O)N[C@@H](CCC(=O)O)c1nc([C@@H]2CCCN2)no1.NC(N)=NCCC[C@H](N)c1noc([C@H](CCC(=O)O)NC(=O)N[C@@H](Cc2ccccc2)C(=O)O)n1.NCCCC[C@H](N)c1noc([C@H](CCC(=O)O)NC(=O)N[C@@H](Cc2cnc[nH]2)C(=O)O)n1. The van der Waals surface area contributed by atoms with Crippen LogP contribution < -0.4 is 99.9 Å². The number of nitrogens with two attached hydrogens (primary N) is 10. The van der Waals surface area contributed by atoms with E-state index < -0.39 is 126 Å². The normalized spacial score (nSPS) is 15.5. The molecule has 54 heteroatoms. The number of unbranched alkanes of at least 4 members (excludes halogenated alkanes) is 1. The molecule has 710 valence electrons. The van der Waals surface area contributed by atoms with Gasteiger partial charge in [0.05, 0.1) is 42.6 Å². The van der Waals surface area contributed by atoms with Crippen LogP contribution in [0.15, 0.2) is 75.9 Å². The third-order valence-electron chi connectivity index (χ3n) is 19.3. The topological polar surface area (TPSA) is 907 Å². The largest absolute Gasteiger partial charge is 0.481 e. The third kappa shape index (κ3) is 40.4. The monoisotopic (exact) mass is 1820 g/mol. The highest BCUT2D eigenvalue weighted by atomic mass is 16.5. The van der Waals surface area contributed by atoms with E-state index in [-0.39, 0.29) is 141 Å². The van der Waals surface area contributed by atoms with Crippen molar-refractivity contribution in [3.63, 3.8) is 0 Å². The molecule has 0 saturated carbocycles. The lowest BCUT2D eigenvalue weighted by molar-refractivity contribution is -0.140. The Morgan fingerprint density at radius 3 is 1.29 bits per heavy atom. The quantitative estimate of drug-likeness (QED) is 0.0128. The van der Waals surface area contributed by atoms with Gasteiger partial charge in [-0.1, -0.05) is 57.4 Å². The number of benzene rings is 1. The zero-order chi connectivity index (χ0) is 95.1. The molecule has 7 heterocycles. The molecule has 2 saturated heterocycles. The van der Waals surface area contributed by atoms with Gasteiger partial charge in [-0.3, -0.25) is 43.7 Å². The van der Waals surface area contributed by atoms with Gasteiger partial charge in [0.15, 0.2) is 52.7 Å². The van der Waals surface area contributed by atoms with Crippen LogP contribution in [0.25, 0.3) is 0 Å². The lowest BCUT2D eigenvalue weighted by atomic mass is 10.1. The molecule has 0 bridgehead atoms. The van der Waals surface area contributed by atoms with Crippen LogP contribution in [0.5, 0.6) is 0 Å². The molecule has 1 aromatic carbocycles. The zero-order valence-corrected chi connectivity index (χ0v) is 71.3. The Balaban J connectivity index is 0.000000305. The van der Waals surface area contributed by atoms with Crippen LogP contribution in [-0.4, -0.2) is 239 Å². The van der Waals surface area contributed by atoms with Crippen molar-refractivity contribution in [3.8, 4) is 0 Å². The predicted molar refractivity (Wildman–Crippen MR) is 453 cm³/mol. The molecule has 2 aliphatic rings. The minimum atomic E-state index is -1.25. The van der Waals surface area contributed by atoms with Crippen LogP contribution in [-0.2, 0) is 51.2 Å². The first kappa shape index (κ1) is 105. The van der Waals surface area contributed by atoms with Gasteiger partial charge in [0, 0.05) is 76.6 Å². The van der Waals surface area contributed by atoms with E-state index in [0.717, 1.165) is 44.2 Å². The maximum absolute atomic E-state index is 12.7. The van der Waals surface area contributed by atoms with Crippen molar-refractivity contribution in [2.24, 2.45) is 72.3 Å². The Bertz CT molecular complexity index is 4600. The maximum atomic E-state index is 12.7. The van der Waals surface area contributed by atoms with Gasteiger partial charge >= 0.3 is 59.9 Å². The minimum Gasteiger partial charge on any atom is -0.481 e. The molecule has 129 heavy (non-hydrogen) atoms. The first-order chi connectivity index (χ1) is 61.4. The molecule has 2 aliphatic heterocycles. The molecule has 0 radical (unpaired) electrons. The summed E-state index contributed by atoms with van der Waals surface area (Å²) in [6, 6.07) is -2.92. The number of guanidine groups is 3. The van der Waals surface area contributed by atoms with Crippen molar-refractivity contribution in [1.82, 2.24) is 98.0 Å². The van der Waals surface area contributed by atoms with Gasteiger partial charge in [0.25, 0.3) is 0 Å². The highest BCUT2D eigenvalue weighted by Gasteiger charge is 2.36. The van der Waals surface area contributed by atoms with E-state index in [1.54, 1.807) is 30.3 Å². The predicted octanol–water partition coefficient (Wildman–Crippen LogP) is -0.651. The number of carboxylic acid groups (broad SMARTS) is 6. The first-order valence-electron chi connectivity index (χ1n) is 41.2. The lowest BCUT2D eigenvalue weighted by Gasteiger charge is -2.25. The van der Waals surface area contributed by atoms with Crippen LogP contribution in [0, 0.1) is 0 Å². The summed E-state index contributed by atoms with van der Waals surface area (Å²) in [5.41, 5.74) is 56.5. The van der Waals surface area contributed by atoms with Crippen molar-refractivity contribution in [1.29, 1.82) is 0 Å². The fourth-order valence-corrected chi connectivity index (χ4v) is 12.6. The lowest BCUT2D eigenvalue weighted by Crippen LogP contribution is -2.48. The molecule has 1 unspecified atom stereocenters. The summed E-state index contributed by atoms with van der Waals surface area (Å²) in [4.78, 5) is 178. The van der Waals surface area contributed by atoms with E-state index in [9.17, 15) is 67.7 Å². The van der Waals surface area contributed by atoms with Crippen LogP contribution in [0.4, 0.5) is 19.2 Å². The molecule has 6 aromatic rings. The van der Waals surface area contributed by atoms with Crippen molar-refractivity contribution in [2.75, 3.05) is 39.3 Å². The molecule has 0 aliphatic carbocycles. The van der Waals surface area contributed by atoms with E-state index in [1.165, 1.54) is 31.3 Å². The smallest absolute Gasteiger partial charge is 0.326 e. The van der Waals surface area contributed by atoms with Gasteiger partial charge in [-0.25, -0.2) is 33.8 Å². The van der Waals surface area contributed by atoms with Crippen LogP contribution in [0.2, 0.25) is 0 Å². The Morgan fingerprint density at radius 1 is 0.488 bits per heavy atom. The second-order valence-corrected chi connectivity index (χ2v) is 29.7. The van der Waals surface area contributed by atoms with Gasteiger partial charge < -0.3 is 158 Å². The summed E-state index contributed by atoms with van der Waals surface area (Å²) in [5.74, 6) is -5.91. The molecule has 35 N–H and O–H groups in total. The number of aliphatic imine (C=N–C) groups is 3. The number of nitrogens with one attached hydrogen (secondary N) is 9. The number of H-pyrrole nitrogens is 1. The second-order valence-electron chi connectivity index (χ2n) is 29.7. The molecule has 54 nitrogen and oxygen atoms in total. The van der Waals surface area contributed by atoms with E-state index in [0.29, 0.717) is 95.6 Å². The third-order valence-corrected chi connectivity index (χ3v) is 19.3. The minimum absolute atomic E-state index is 0.00236. The number of imidazole rings is 1. The molecule has 12 atom stereocenters. The number of aromatic amines is 1. The molecular weight excluding hydrogens is 1700 g/mol. The number of rotatable bonds is 51. The Kier molecular flexibility index (Phi) is 45.8. The van der Waals surface area contributed by atoms with Crippen LogP contribution in [0.3, 0.4) is 0 Å². The summed E-state index contributed by atoms with van der Waals surface area (Å²) >= 11 is 0. The number of likely N-dealkylation sites (tertiary alicyclic amines) is 1. The van der Waals surface area contributed by atoms with E-state index >= 15 is 0 Å². The molecule has 8 amide bonds. The Morgan fingerprint density at radius 2 is 0.899 bits per heavy atom. The number of Topliss-reactive ketones (excluding diaryl/α,β-unsaturated/α-hetero) is 2. The van der Waals surface area contributed by atoms with E-state index in [4.69, 9.17) is 95.9 Å². The van der Waals surface area contributed by atoms with Gasteiger partial charge in [-0.05, 0) is 135 Å². The summed E-state index contributed by atoms with van der Waals surface area (Å²) in [7, 11) is 0. The average molecular weight is 1820 g/mol. The highest BCUT2D eigenvalue weighted by molar-refractivity contribution is 5.89. The molecule has 8 rings (SSSR count). The number of nitrogens with zero attached hydrogens (tertiary/aromatic N) is 13. The van der Waals surface area contributed by atoms with Gasteiger partial charge in [0.2, 0.25) is 23.6 Å². The highest BCUT2D eigenvalue weighted by Crippen LogP contribution is 2.28. The van der Waals surface area contributed by atoms with Crippen LogP contribution in [0.1, 0.15) is 255 Å². The summed E-state index contributed by atoms with van der Waals surface area (Å²) in [6.45, 7) is 5.76. The summed E-state index contributed by atoms with van der Waals surface area (Å²) in [5, 5.41) is 91.4. The number of hydrogen-bond donors (Lipinski definition) is 25.